The number of aryl methyl sites for hydroxylation is 1. The number of carbonyl (C=O) groups excluding carboxylic acids is 2. The summed E-state index contributed by atoms with van der Waals surface area (Å²) in [6.45, 7) is 12.1. The summed E-state index contributed by atoms with van der Waals surface area (Å²) in [5.41, 5.74) is 0.456. The van der Waals surface area contributed by atoms with Crippen molar-refractivity contribution in [2.75, 3.05) is 51.2 Å². The van der Waals surface area contributed by atoms with Crippen LogP contribution in [0.3, 0.4) is 0 Å². The van der Waals surface area contributed by atoms with E-state index in [1.165, 1.54) is 16.2 Å². The van der Waals surface area contributed by atoms with Crippen molar-refractivity contribution >= 4 is 28.2 Å². The fourth-order valence-corrected chi connectivity index (χ4v) is 3.77. The zero-order chi connectivity index (χ0) is 16.8. The zero-order valence-corrected chi connectivity index (χ0v) is 15.0. The van der Waals surface area contributed by atoms with Gasteiger partial charge in [-0.1, -0.05) is 0 Å². The van der Waals surface area contributed by atoms with Crippen LogP contribution >= 0.6 is 11.3 Å². The molecule has 1 aliphatic heterocycles. The number of amides is 1. The molecular weight excluding hydrogens is 314 g/mol. The molecule has 0 aromatic carbocycles. The van der Waals surface area contributed by atoms with Crippen molar-refractivity contribution in [2.24, 2.45) is 0 Å². The highest BCUT2D eigenvalue weighted by atomic mass is 32.1. The number of thiophene rings is 1. The molecule has 1 aromatic heterocycles. The third-order valence-electron chi connectivity index (χ3n) is 4.18. The molecule has 0 unspecified atom stereocenters. The van der Waals surface area contributed by atoms with Gasteiger partial charge in [0.25, 0.3) is 5.91 Å². The van der Waals surface area contributed by atoms with Crippen LogP contribution in [0.15, 0.2) is 6.07 Å². The van der Waals surface area contributed by atoms with Gasteiger partial charge in [-0.3, -0.25) is 4.79 Å². The molecule has 2 heterocycles. The molecule has 0 aliphatic carbocycles. The minimum absolute atomic E-state index is 0.0349. The van der Waals surface area contributed by atoms with E-state index in [9.17, 15) is 9.59 Å². The third kappa shape index (κ3) is 5.02. The number of likely N-dealkylation sites (N-methyl/N-ethyl adjacent to an activating group) is 1. The number of hydrogen-bond acceptors (Lipinski definition) is 4. The third-order valence-corrected chi connectivity index (χ3v) is 5.14. The predicted molar refractivity (Wildman–Crippen MR) is 90.4 cm³/mol. The number of carbonyl (C=O) groups is 2. The van der Waals surface area contributed by atoms with Crippen LogP contribution in [0.25, 0.3) is 0 Å². The number of piperazine rings is 1. The Morgan fingerprint density at radius 3 is 2.48 bits per heavy atom. The van der Waals surface area contributed by atoms with Gasteiger partial charge in [-0.05, 0) is 26.8 Å². The minimum atomic E-state index is -0.375. The van der Waals surface area contributed by atoms with Crippen molar-refractivity contribution in [3.8, 4) is 0 Å². The molecule has 0 saturated carbocycles. The van der Waals surface area contributed by atoms with Gasteiger partial charge in [-0.2, -0.15) is 0 Å². The van der Waals surface area contributed by atoms with E-state index in [0.717, 1.165) is 37.6 Å². The monoisotopic (exact) mass is 341 g/mol. The van der Waals surface area contributed by atoms with E-state index in [1.54, 1.807) is 17.9 Å². The second-order valence-corrected chi connectivity index (χ2v) is 7.16. The Balaban J connectivity index is 1.92. The van der Waals surface area contributed by atoms with Crippen LogP contribution in [0, 0.1) is 6.92 Å². The average Bonchev–Trinajstić information content (AvgIpc) is 2.88. The Morgan fingerprint density at radius 1 is 1.22 bits per heavy atom. The summed E-state index contributed by atoms with van der Waals surface area (Å²) in [5.74, 6) is -0.410. The number of hydrogen-bond donors (Lipinski definition) is 3. The van der Waals surface area contributed by atoms with Crippen molar-refractivity contribution in [1.29, 1.82) is 0 Å². The Hall–Kier alpha value is -1.44. The number of anilines is 1. The first-order valence-electron chi connectivity index (χ1n) is 8.28. The highest BCUT2D eigenvalue weighted by Crippen LogP contribution is 2.28. The Morgan fingerprint density at radius 2 is 1.87 bits per heavy atom. The number of quaternary nitrogens is 2. The maximum absolute atomic E-state index is 12.3. The van der Waals surface area contributed by atoms with Gasteiger partial charge in [0.2, 0.25) is 0 Å². The molecular formula is C16H27N3O3S+2. The highest BCUT2D eigenvalue weighted by Gasteiger charge is 2.25. The summed E-state index contributed by atoms with van der Waals surface area (Å²) < 4.78 is 5.05. The van der Waals surface area contributed by atoms with Crippen molar-refractivity contribution in [3.63, 3.8) is 0 Å². The standard InChI is InChI=1S/C16H25N3O3S/c1-4-18-6-8-19(9-7-18)11-14(20)17-15-13(10-12(3)23-15)16(21)22-5-2/h10H,4-9,11H2,1-3H3,(H,17,20)/p+2. The van der Waals surface area contributed by atoms with Gasteiger partial charge in [0.05, 0.1) is 18.7 Å². The van der Waals surface area contributed by atoms with Crippen LogP contribution in [0.2, 0.25) is 0 Å². The Bertz CT molecular complexity index is 551. The molecule has 2 rings (SSSR count). The summed E-state index contributed by atoms with van der Waals surface area (Å²) in [7, 11) is 0. The van der Waals surface area contributed by atoms with Crippen molar-refractivity contribution < 1.29 is 24.1 Å². The molecule has 23 heavy (non-hydrogen) atoms. The van der Waals surface area contributed by atoms with Gasteiger partial charge in [-0.15, -0.1) is 11.3 Å². The molecule has 0 atom stereocenters. The molecule has 128 valence electrons. The van der Waals surface area contributed by atoms with Crippen LogP contribution in [0.5, 0.6) is 0 Å². The molecule has 3 N–H and O–H groups in total. The lowest BCUT2D eigenvalue weighted by molar-refractivity contribution is -1.01. The molecule has 6 nitrogen and oxygen atoms in total. The van der Waals surface area contributed by atoms with E-state index >= 15 is 0 Å². The summed E-state index contributed by atoms with van der Waals surface area (Å²) in [4.78, 5) is 28.1. The largest absolute Gasteiger partial charge is 0.462 e. The Labute approximate surface area is 141 Å². The van der Waals surface area contributed by atoms with E-state index < -0.39 is 0 Å². The van der Waals surface area contributed by atoms with Gasteiger partial charge < -0.3 is 19.9 Å². The molecule has 1 saturated heterocycles. The average molecular weight is 341 g/mol. The van der Waals surface area contributed by atoms with Gasteiger partial charge in [-0.25, -0.2) is 4.79 Å². The minimum Gasteiger partial charge on any atom is -0.462 e. The maximum atomic E-state index is 12.3. The summed E-state index contributed by atoms with van der Waals surface area (Å²) in [6.07, 6.45) is 0. The number of ether oxygens (including phenoxy) is 1. The van der Waals surface area contributed by atoms with E-state index in [1.807, 2.05) is 6.92 Å². The SMILES string of the molecule is CCOC(=O)c1cc(C)sc1NC(=O)C[NH+]1CC[NH+](CC)CC1. The predicted octanol–water partition coefficient (Wildman–Crippen LogP) is -1.02. The lowest BCUT2D eigenvalue weighted by atomic mass is 10.3. The van der Waals surface area contributed by atoms with Crippen LogP contribution in [-0.2, 0) is 9.53 Å². The summed E-state index contributed by atoms with van der Waals surface area (Å²) >= 11 is 1.42. The second-order valence-electron chi connectivity index (χ2n) is 5.90. The quantitative estimate of drug-likeness (QED) is 0.580. The first kappa shape index (κ1) is 17.9. The summed E-state index contributed by atoms with van der Waals surface area (Å²) in [6, 6.07) is 1.77. The first-order valence-corrected chi connectivity index (χ1v) is 9.09. The normalized spacial score (nSPS) is 21.0. The van der Waals surface area contributed by atoms with Crippen molar-refractivity contribution in [1.82, 2.24) is 0 Å². The molecule has 0 radical (unpaired) electrons. The van der Waals surface area contributed by atoms with E-state index in [-0.39, 0.29) is 11.9 Å². The Kier molecular flexibility index (Phi) is 6.56. The van der Waals surface area contributed by atoms with Crippen LogP contribution in [0.4, 0.5) is 5.00 Å². The molecule has 7 heteroatoms. The van der Waals surface area contributed by atoms with Gasteiger partial charge in [0.15, 0.2) is 6.54 Å². The summed E-state index contributed by atoms with van der Waals surface area (Å²) in [5, 5.41) is 3.49. The number of esters is 1. The lowest BCUT2D eigenvalue weighted by Crippen LogP contribution is -3.28. The smallest absolute Gasteiger partial charge is 0.341 e. The molecule has 1 fully saturated rings. The van der Waals surface area contributed by atoms with Crippen LogP contribution < -0.4 is 15.1 Å². The highest BCUT2D eigenvalue weighted by molar-refractivity contribution is 7.16. The van der Waals surface area contributed by atoms with Crippen molar-refractivity contribution in [2.45, 2.75) is 20.8 Å². The fraction of sp³-hybridized carbons (Fsp3) is 0.625. The lowest BCUT2D eigenvalue weighted by Gasteiger charge is -2.28. The van der Waals surface area contributed by atoms with Crippen LogP contribution in [-0.4, -0.2) is 57.8 Å². The fourth-order valence-electron chi connectivity index (χ4n) is 2.85. The topological polar surface area (TPSA) is 64.3 Å². The molecule has 1 aliphatic rings. The van der Waals surface area contributed by atoms with Crippen molar-refractivity contribution in [3.05, 3.63) is 16.5 Å². The first-order chi connectivity index (χ1) is 11.0. The van der Waals surface area contributed by atoms with Gasteiger partial charge >= 0.3 is 5.97 Å². The van der Waals surface area contributed by atoms with Gasteiger partial charge in [0, 0.05) is 4.88 Å². The molecule has 1 amide bonds. The van der Waals surface area contributed by atoms with Crippen LogP contribution in [0.1, 0.15) is 29.1 Å². The molecule has 0 bridgehead atoms. The number of nitrogens with one attached hydrogen (secondary N) is 3. The second kappa shape index (κ2) is 8.42. The molecule has 0 spiro atoms. The van der Waals surface area contributed by atoms with E-state index in [4.69, 9.17) is 4.74 Å². The zero-order valence-electron chi connectivity index (χ0n) is 14.2. The van der Waals surface area contributed by atoms with E-state index in [2.05, 4.69) is 12.2 Å². The van der Waals surface area contributed by atoms with E-state index in [0.29, 0.717) is 23.7 Å². The maximum Gasteiger partial charge on any atom is 0.341 e. The van der Waals surface area contributed by atoms with Gasteiger partial charge in [0.1, 0.15) is 31.2 Å². The molecule has 1 aromatic rings. The number of rotatable bonds is 6.